The van der Waals surface area contributed by atoms with Crippen molar-refractivity contribution in [1.29, 1.82) is 0 Å². The SMILES string of the molecule is CC1CC(C)CC(OCC(=O)C(C)C)C1. The van der Waals surface area contributed by atoms with Gasteiger partial charge in [-0.15, -0.1) is 0 Å². The lowest BCUT2D eigenvalue weighted by Gasteiger charge is -2.31. The molecule has 15 heavy (non-hydrogen) atoms. The molecule has 0 aromatic heterocycles. The van der Waals surface area contributed by atoms with Crippen molar-refractivity contribution in [3.05, 3.63) is 0 Å². The fraction of sp³-hybridized carbons (Fsp3) is 0.923. The molecule has 0 aliphatic heterocycles. The van der Waals surface area contributed by atoms with Crippen molar-refractivity contribution in [3.8, 4) is 0 Å². The van der Waals surface area contributed by atoms with Crippen LogP contribution in [0.15, 0.2) is 0 Å². The minimum atomic E-state index is 0.100. The molecule has 0 heterocycles. The predicted octanol–water partition coefficient (Wildman–Crippen LogP) is 3.05. The second kappa shape index (κ2) is 5.64. The maximum atomic E-state index is 11.4. The molecular weight excluding hydrogens is 188 g/mol. The van der Waals surface area contributed by atoms with Gasteiger partial charge in [-0.25, -0.2) is 0 Å². The molecule has 0 aromatic carbocycles. The molecule has 0 radical (unpaired) electrons. The van der Waals surface area contributed by atoms with Crippen molar-refractivity contribution < 1.29 is 9.53 Å². The van der Waals surface area contributed by atoms with Crippen molar-refractivity contribution >= 4 is 5.78 Å². The summed E-state index contributed by atoms with van der Waals surface area (Å²) in [7, 11) is 0. The third kappa shape index (κ3) is 4.33. The van der Waals surface area contributed by atoms with Crippen molar-refractivity contribution in [2.45, 2.75) is 53.1 Å². The van der Waals surface area contributed by atoms with Gasteiger partial charge in [0.2, 0.25) is 0 Å². The molecule has 1 fully saturated rings. The van der Waals surface area contributed by atoms with Crippen molar-refractivity contribution in [3.63, 3.8) is 0 Å². The zero-order valence-corrected chi connectivity index (χ0v) is 10.5. The molecule has 2 unspecified atom stereocenters. The highest BCUT2D eigenvalue weighted by atomic mass is 16.5. The highest BCUT2D eigenvalue weighted by Gasteiger charge is 2.25. The first-order valence-corrected chi connectivity index (χ1v) is 6.13. The number of ketones is 1. The lowest BCUT2D eigenvalue weighted by molar-refractivity contribution is -0.130. The van der Waals surface area contributed by atoms with E-state index in [-0.39, 0.29) is 11.7 Å². The lowest BCUT2D eigenvalue weighted by atomic mass is 9.82. The molecule has 0 bridgehead atoms. The first kappa shape index (κ1) is 12.7. The van der Waals surface area contributed by atoms with E-state index in [2.05, 4.69) is 13.8 Å². The fourth-order valence-corrected chi connectivity index (χ4v) is 2.38. The van der Waals surface area contributed by atoms with Crippen molar-refractivity contribution in [1.82, 2.24) is 0 Å². The first-order valence-electron chi connectivity index (χ1n) is 6.13. The molecule has 0 saturated heterocycles. The number of ether oxygens (including phenoxy) is 1. The zero-order valence-electron chi connectivity index (χ0n) is 10.5. The van der Waals surface area contributed by atoms with Crippen LogP contribution in [-0.4, -0.2) is 18.5 Å². The lowest BCUT2D eigenvalue weighted by Crippen LogP contribution is -2.29. The average molecular weight is 212 g/mol. The van der Waals surface area contributed by atoms with E-state index in [1.54, 1.807) is 0 Å². The van der Waals surface area contributed by atoms with Gasteiger partial charge in [0.05, 0.1) is 6.10 Å². The quantitative estimate of drug-likeness (QED) is 0.716. The summed E-state index contributed by atoms with van der Waals surface area (Å²) in [4.78, 5) is 11.4. The van der Waals surface area contributed by atoms with Crippen LogP contribution in [0, 0.1) is 17.8 Å². The highest BCUT2D eigenvalue weighted by molar-refractivity contribution is 5.81. The molecular formula is C13H24O2. The largest absolute Gasteiger partial charge is 0.370 e. The summed E-state index contributed by atoms with van der Waals surface area (Å²) in [6.45, 7) is 8.71. The first-order chi connectivity index (χ1) is 6.99. The topological polar surface area (TPSA) is 26.3 Å². The van der Waals surface area contributed by atoms with Crippen LogP contribution in [-0.2, 0) is 9.53 Å². The summed E-state index contributed by atoms with van der Waals surface area (Å²) in [6.07, 6.45) is 3.86. The maximum absolute atomic E-state index is 11.4. The Balaban J connectivity index is 2.29. The normalized spacial score (nSPS) is 31.9. The Morgan fingerprint density at radius 2 is 1.73 bits per heavy atom. The van der Waals surface area contributed by atoms with Gasteiger partial charge in [0, 0.05) is 5.92 Å². The van der Waals surface area contributed by atoms with Crippen LogP contribution in [0.25, 0.3) is 0 Å². The molecule has 1 rings (SSSR count). The van der Waals surface area contributed by atoms with Crippen LogP contribution in [0.1, 0.15) is 47.0 Å². The Hall–Kier alpha value is -0.370. The Morgan fingerprint density at radius 1 is 1.20 bits per heavy atom. The number of carbonyl (C=O) groups excluding carboxylic acids is 1. The Bertz CT molecular complexity index is 201. The van der Waals surface area contributed by atoms with E-state index in [1.165, 1.54) is 6.42 Å². The number of hydrogen-bond donors (Lipinski definition) is 0. The van der Waals surface area contributed by atoms with Crippen LogP contribution in [0.2, 0.25) is 0 Å². The molecule has 1 aliphatic rings. The molecule has 0 N–H and O–H groups in total. The van der Waals surface area contributed by atoms with Gasteiger partial charge in [0.15, 0.2) is 5.78 Å². The smallest absolute Gasteiger partial charge is 0.160 e. The zero-order chi connectivity index (χ0) is 11.4. The number of rotatable bonds is 4. The fourth-order valence-electron chi connectivity index (χ4n) is 2.38. The van der Waals surface area contributed by atoms with Crippen LogP contribution < -0.4 is 0 Å². The summed E-state index contributed by atoms with van der Waals surface area (Å²) >= 11 is 0. The van der Waals surface area contributed by atoms with Crippen molar-refractivity contribution in [2.75, 3.05) is 6.61 Å². The summed E-state index contributed by atoms with van der Waals surface area (Å²) in [5, 5.41) is 0. The van der Waals surface area contributed by atoms with E-state index in [0.29, 0.717) is 12.7 Å². The Morgan fingerprint density at radius 3 is 2.20 bits per heavy atom. The molecule has 1 saturated carbocycles. The molecule has 2 nitrogen and oxygen atoms in total. The molecule has 0 spiro atoms. The van der Waals surface area contributed by atoms with Gasteiger partial charge >= 0.3 is 0 Å². The number of carbonyl (C=O) groups is 1. The minimum absolute atomic E-state index is 0.100. The molecule has 88 valence electrons. The van der Waals surface area contributed by atoms with E-state index in [0.717, 1.165) is 24.7 Å². The molecule has 1 aliphatic carbocycles. The summed E-state index contributed by atoms with van der Waals surface area (Å²) in [5.74, 6) is 1.81. The van der Waals surface area contributed by atoms with Crippen LogP contribution in [0.3, 0.4) is 0 Å². The van der Waals surface area contributed by atoms with Crippen molar-refractivity contribution in [2.24, 2.45) is 17.8 Å². The van der Waals surface area contributed by atoms with Gasteiger partial charge in [-0.1, -0.05) is 27.7 Å². The monoisotopic (exact) mass is 212 g/mol. The summed E-state index contributed by atoms with van der Waals surface area (Å²) < 4.78 is 5.70. The van der Waals surface area contributed by atoms with Gasteiger partial charge in [0.1, 0.15) is 6.61 Å². The second-order valence-electron chi connectivity index (χ2n) is 5.47. The third-order valence-electron chi connectivity index (χ3n) is 3.24. The van der Waals surface area contributed by atoms with E-state index in [4.69, 9.17) is 4.74 Å². The third-order valence-corrected chi connectivity index (χ3v) is 3.24. The Labute approximate surface area is 93.4 Å². The molecule has 2 atom stereocenters. The highest BCUT2D eigenvalue weighted by Crippen LogP contribution is 2.30. The van der Waals surface area contributed by atoms with Crippen LogP contribution in [0.4, 0.5) is 0 Å². The summed E-state index contributed by atoms with van der Waals surface area (Å²) in [5.41, 5.74) is 0. The maximum Gasteiger partial charge on any atom is 0.160 e. The van der Waals surface area contributed by atoms with E-state index in [9.17, 15) is 4.79 Å². The van der Waals surface area contributed by atoms with Gasteiger partial charge in [-0.05, 0) is 31.1 Å². The van der Waals surface area contributed by atoms with Gasteiger partial charge in [0.25, 0.3) is 0 Å². The second-order valence-corrected chi connectivity index (χ2v) is 5.47. The standard InChI is InChI=1S/C13H24O2/c1-9(2)13(14)8-15-12-6-10(3)5-11(4)7-12/h9-12H,5-8H2,1-4H3. The molecule has 0 aromatic rings. The van der Waals surface area contributed by atoms with E-state index in [1.807, 2.05) is 13.8 Å². The summed E-state index contributed by atoms with van der Waals surface area (Å²) in [6, 6.07) is 0. The van der Waals surface area contributed by atoms with Gasteiger partial charge in [-0.2, -0.15) is 0 Å². The van der Waals surface area contributed by atoms with E-state index >= 15 is 0 Å². The Kier molecular flexibility index (Phi) is 4.78. The minimum Gasteiger partial charge on any atom is -0.370 e. The average Bonchev–Trinajstić information content (AvgIpc) is 2.12. The van der Waals surface area contributed by atoms with Gasteiger partial charge in [-0.3, -0.25) is 4.79 Å². The number of hydrogen-bond acceptors (Lipinski definition) is 2. The number of Topliss-reactive ketones (excluding diaryl/α,β-unsaturated/α-hetero) is 1. The molecule has 2 heteroatoms. The molecule has 0 amide bonds. The van der Waals surface area contributed by atoms with Crippen LogP contribution in [0.5, 0.6) is 0 Å². The van der Waals surface area contributed by atoms with E-state index < -0.39 is 0 Å². The van der Waals surface area contributed by atoms with Gasteiger partial charge < -0.3 is 4.74 Å². The van der Waals surface area contributed by atoms with Crippen LogP contribution >= 0.6 is 0 Å². The predicted molar refractivity (Wildman–Crippen MR) is 61.8 cm³/mol.